The first-order valence-corrected chi connectivity index (χ1v) is 5.74. The van der Waals surface area contributed by atoms with Gasteiger partial charge in [0.15, 0.2) is 13.3 Å². The number of aldehydes is 1. The molecule has 18 heavy (non-hydrogen) atoms. The van der Waals surface area contributed by atoms with Crippen LogP contribution in [0.25, 0.3) is 16.5 Å². The first-order chi connectivity index (χ1) is 8.78. The molecule has 2 aromatic rings. The maximum atomic E-state index is 11.2. The molecule has 0 aliphatic carbocycles. The maximum absolute atomic E-state index is 11.2. The second-order valence-electron chi connectivity index (χ2n) is 4.26. The Hall–Kier alpha value is -2.36. The van der Waals surface area contributed by atoms with Crippen LogP contribution in [0.3, 0.4) is 0 Å². The summed E-state index contributed by atoms with van der Waals surface area (Å²) in [5.74, 6) is 0. The van der Waals surface area contributed by atoms with E-state index in [9.17, 15) is 4.79 Å². The van der Waals surface area contributed by atoms with Gasteiger partial charge >= 0.3 is 0 Å². The summed E-state index contributed by atoms with van der Waals surface area (Å²) >= 11 is 0. The number of para-hydroxylation sites is 1. The summed E-state index contributed by atoms with van der Waals surface area (Å²) in [6.45, 7) is 0.611. The van der Waals surface area contributed by atoms with Crippen LogP contribution >= 0.6 is 0 Å². The second-order valence-corrected chi connectivity index (χ2v) is 4.26. The monoisotopic (exact) mass is 238 g/mol. The van der Waals surface area contributed by atoms with Crippen molar-refractivity contribution in [3.63, 3.8) is 0 Å². The van der Waals surface area contributed by atoms with Crippen molar-refractivity contribution in [2.24, 2.45) is 5.11 Å². The summed E-state index contributed by atoms with van der Waals surface area (Å²) in [5, 5.41) is 5.13. The van der Waals surface area contributed by atoms with E-state index in [1.165, 1.54) is 0 Å². The van der Waals surface area contributed by atoms with E-state index in [4.69, 9.17) is 0 Å². The minimum Gasteiger partial charge on any atom is -0.298 e. The fraction of sp³-hybridized carbons (Fsp3) is 0.143. The third-order valence-corrected chi connectivity index (χ3v) is 3.01. The Labute approximate surface area is 104 Å². The molecule has 4 nitrogen and oxygen atoms in total. The van der Waals surface area contributed by atoms with E-state index in [1.54, 1.807) is 4.70 Å². The quantitative estimate of drug-likeness (QED) is 0.596. The van der Waals surface area contributed by atoms with Crippen LogP contribution in [0.5, 0.6) is 0 Å². The van der Waals surface area contributed by atoms with E-state index in [-0.39, 0.29) is 0 Å². The Morgan fingerprint density at radius 1 is 1.33 bits per heavy atom. The highest BCUT2D eigenvalue weighted by molar-refractivity contribution is 5.97. The molecular formula is C14H12N3O+. The van der Waals surface area contributed by atoms with Crippen LogP contribution in [0.15, 0.2) is 41.6 Å². The summed E-state index contributed by atoms with van der Waals surface area (Å²) < 4.78 is 1.77. The molecule has 3 rings (SSSR count). The van der Waals surface area contributed by atoms with Crippen molar-refractivity contribution in [2.45, 2.75) is 0 Å². The normalized spacial score (nSPS) is 14.5. The van der Waals surface area contributed by atoms with Gasteiger partial charge in [0.05, 0.1) is 16.8 Å². The minimum absolute atomic E-state index is 0.611. The molecule has 2 heterocycles. The topological polar surface area (TPSA) is 45.3 Å². The molecule has 1 aromatic heterocycles. The van der Waals surface area contributed by atoms with Crippen molar-refractivity contribution < 1.29 is 9.49 Å². The van der Waals surface area contributed by atoms with Gasteiger partial charge in [-0.25, -0.2) is 4.98 Å². The zero-order chi connectivity index (χ0) is 12.5. The lowest BCUT2D eigenvalue weighted by Gasteiger charge is -2.04. The highest BCUT2D eigenvalue weighted by atomic mass is 16.1. The van der Waals surface area contributed by atoms with Crippen molar-refractivity contribution in [2.75, 3.05) is 13.6 Å². The van der Waals surface area contributed by atoms with E-state index in [1.807, 2.05) is 43.6 Å². The predicted molar refractivity (Wildman–Crippen MR) is 68.6 cm³/mol. The van der Waals surface area contributed by atoms with Crippen molar-refractivity contribution >= 4 is 22.8 Å². The lowest BCUT2D eigenvalue weighted by atomic mass is 10.1. The fourth-order valence-corrected chi connectivity index (χ4v) is 2.11. The molecule has 0 bridgehead atoms. The van der Waals surface area contributed by atoms with E-state index < -0.39 is 0 Å². The van der Waals surface area contributed by atoms with Crippen LogP contribution in [0.2, 0.25) is 0 Å². The molecule has 0 unspecified atom stereocenters. The van der Waals surface area contributed by atoms with E-state index in [0.717, 1.165) is 28.5 Å². The lowest BCUT2D eigenvalue weighted by molar-refractivity contribution is -0.491. The molecule has 0 saturated carbocycles. The third-order valence-electron chi connectivity index (χ3n) is 3.01. The molecule has 1 aliphatic rings. The van der Waals surface area contributed by atoms with Crippen LogP contribution in [0, 0.1) is 0 Å². The SMILES string of the molecule is C[N+]1=NCC(c2cc(C=O)c3ccccc3n2)=C1. The molecule has 0 fully saturated rings. The Bertz CT molecular complexity index is 701. The third kappa shape index (κ3) is 1.72. The summed E-state index contributed by atoms with van der Waals surface area (Å²) in [7, 11) is 1.88. The number of carbonyl (C=O) groups is 1. The van der Waals surface area contributed by atoms with Crippen LogP contribution in [-0.2, 0) is 0 Å². The highest BCUT2D eigenvalue weighted by Gasteiger charge is 2.16. The van der Waals surface area contributed by atoms with Crippen molar-refractivity contribution in [1.29, 1.82) is 0 Å². The first-order valence-electron chi connectivity index (χ1n) is 5.74. The number of rotatable bonds is 2. The van der Waals surface area contributed by atoms with Crippen molar-refractivity contribution in [1.82, 2.24) is 4.98 Å². The molecule has 1 aliphatic heterocycles. The number of fused-ring (bicyclic) bond motifs is 1. The zero-order valence-electron chi connectivity index (χ0n) is 10.00. The zero-order valence-corrected chi connectivity index (χ0v) is 10.00. The predicted octanol–water partition coefficient (Wildman–Crippen LogP) is 2.50. The largest absolute Gasteiger partial charge is 0.298 e. The molecule has 1 aromatic carbocycles. The molecule has 0 radical (unpaired) electrons. The van der Waals surface area contributed by atoms with E-state index in [2.05, 4.69) is 10.1 Å². The van der Waals surface area contributed by atoms with Gasteiger partial charge in [-0.2, -0.15) is 0 Å². The fourth-order valence-electron chi connectivity index (χ4n) is 2.11. The van der Waals surface area contributed by atoms with Gasteiger partial charge in [-0.05, 0) is 17.2 Å². The molecule has 0 N–H and O–H groups in total. The first kappa shape index (κ1) is 10.8. The van der Waals surface area contributed by atoms with E-state index >= 15 is 0 Å². The van der Waals surface area contributed by atoms with Crippen LogP contribution < -0.4 is 0 Å². The van der Waals surface area contributed by atoms with Gasteiger partial charge in [-0.1, -0.05) is 22.9 Å². The number of azo groups is 2. The second kappa shape index (κ2) is 4.14. The number of hydrogen-bond acceptors (Lipinski definition) is 3. The van der Waals surface area contributed by atoms with Gasteiger partial charge in [0.2, 0.25) is 6.20 Å². The number of benzene rings is 1. The van der Waals surface area contributed by atoms with E-state index in [0.29, 0.717) is 12.1 Å². The Morgan fingerprint density at radius 2 is 2.17 bits per heavy atom. The van der Waals surface area contributed by atoms with Gasteiger partial charge in [-0.15, -0.1) is 0 Å². The highest BCUT2D eigenvalue weighted by Crippen LogP contribution is 2.23. The standard InChI is InChI=1S/C14H12N3O/c1-17-8-11(7-15-17)14-6-10(9-18)12-4-2-3-5-13(12)16-14/h2-6,8-9H,7H2,1H3/q+1. The Morgan fingerprint density at radius 3 is 2.89 bits per heavy atom. The molecule has 88 valence electrons. The number of nitrogens with zero attached hydrogens (tertiary/aromatic N) is 3. The van der Waals surface area contributed by atoms with Crippen molar-refractivity contribution in [3.05, 3.63) is 47.8 Å². The van der Waals surface area contributed by atoms with Crippen LogP contribution in [0.1, 0.15) is 16.1 Å². The molecule has 0 amide bonds. The summed E-state index contributed by atoms with van der Waals surface area (Å²) in [6.07, 6.45) is 2.82. The Balaban J connectivity index is 2.20. The number of carbonyl (C=O) groups excluding carboxylic acids is 1. The molecular weight excluding hydrogens is 226 g/mol. The van der Waals surface area contributed by atoms with Crippen LogP contribution in [-0.4, -0.2) is 29.6 Å². The number of pyridine rings is 1. The average molecular weight is 238 g/mol. The smallest absolute Gasteiger partial charge is 0.202 e. The lowest BCUT2D eigenvalue weighted by Crippen LogP contribution is -1.95. The molecule has 0 atom stereocenters. The molecule has 0 spiro atoms. The van der Waals surface area contributed by atoms with Gasteiger partial charge < -0.3 is 0 Å². The van der Waals surface area contributed by atoms with Gasteiger partial charge in [-0.3, -0.25) is 4.79 Å². The maximum Gasteiger partial charge on any atom is 0.202 e. The molecule has 0 saturated heterocycles. The molecule has 4 heteroatoms. The Kier molecular flexibility index (Phi) is 2.48. The average Bonchev–Trinajstić information content (AvgIpc) is 2.84. The van der Waals surface area contributed by atoms with Crippen molar-refractivity contribution in [3.8, 4) is 0 Å². The number of aromatic nitrogens is 1. The summed E-state index contributed by atoms with van der Waals surface area (Å²) in [4.78, 5) is 15.8. The minimum atomic E-state index is 0.611. The van der Waals surface area contributed by atoms with Gasteiger partial charge in [0, 0.05) is 10.9 Å². The van der Waals surface area contributed by atoms with Gasteiger partial charge in [0.25, 0.3) is 0 Å². The summed E-state index contributed by atoms with van der Waals surface area (Å²) in [5.41, 5.74) is 3.37. The summed E-state index contributed by atoms with van der Waals surface area (Å²) in [6, 6.07) is 9.50. The number of hydrogen-bond donors (Lipinski definition) is 0. The van der Waals surface area contributed by atoms with Gasteiger partial charge in [0.1, 0.15) is 6.54 Å². The van der Waals surface area contributed by atoms with Crippen LogP contribution in [0.4, 0.5) is 0 Å².